The van der Waals surface area contributed by atoms with Crippen molar-refractivity contribution in [1.29, 1.82) is 0 Å². The highest BCUT2D eigenvalue weighted by atomic mass is 16.3. The Bertz CT molecular complexity index is 452. The Balaban J connectivity index is 2.01. The lowest BCUT2D eigenvalue weighted by atomic mass is 9.97. The Labute approximate surface area is 102 Å². The molecule has 0 bridgehead atoms. The van der Waals surface area contributed by atoms with Crippen molar-refractivity contribution in [2.24, 2.45) is 5.73 Å². The van der Waals surface area contributed by atoms with Crippen LogP contribution in [0.1, 0.15) is 42.0 Å². The van der Waals surface area contributed by atoms with Gasteiger partial charge in [-0.25, -0.2) is 0 Å². The average Bonchev–Trinajstić information content (AvgIpc) is 2.58. The largest absolute Gasteiger partial charge is 0.508 e. The van der Waals surface area contributed by atoms with Crippen LogP contribution in [0.5, 0.6) is 5.75 Å². The van der Waals surface area contributed by atoms with Gasteiger partial charge >= 0.3 is 0 Å². The van der Waals surface area contributed by atoms with E-state index in [-0.39, 0.29) is 0 Å². The van der Waals surface area contributed by atoms with Crippen molar-refractivity contribution in [1.82, 2.24) is 4.90 Å². The summed E-state index contributed by atoms with van der Waals surface area (Å²) in [6.45, 7) is 6.32. The Morgan fingerprint density at radius 3 is 2.65 bits per heavy atom. The van der Waals surface area contributed by atoms with Crippen LogP contribution in [0.15, 0.2) is 12.1 Å². The van der Waals surface area contributed by atoms with Crippen LogP contribution in [0.3, 0.4) is 0 Å². The van der Waals surface area contributed by atoms with E-state index in [1.54, 1.807) is 0 Å². The van der Waals surface area contributed by atoms with Gasteiger partial charge in [0.05, 0.1) is 0 Å². The number of phenols is 1. The van der Waals surface area contributed by atoms with E-state index in [1.165, 1.54) is 11.1 Å². The normalized spacial score (nSPS) is 29.1. The van der Waals surface area contributed by atoms with Crippen LogP contribution >= 0.6 is 0 Å². The highest BCUT2D eigenvalue weighted by molar-refractivity contribution is 5.51. The number of likely N-dealkylation sites (tertiary alicyclic amines) is 1. The summed E-state index contributed by atoms with van der Waals surface area (Å²) in [5, 5.41) is 10.1. The van der Waals surface area contributed by atoms with Crippen LogP contribution in [0.25, 0.3) is 0 Å². The number of benzene rings is 1. The van der Waals surface area contributed by atoms with Crippen LogP contribution in [0.4, 0.5) is 0 Å². The molecule has 0 saturated carbocycles. The SMILES string of the molecule is Cc1ccc(O)c2c1C(C)CC2N1CC(N)C1. The van der Waals surface area contributed by atoms with E-state index in [9.17, 15) is 5.11 Å². The van der Waals surface area contributed by atoms with Gasteiger partial charge in [0.1, 0.15) is 5.75 Å². The fourth-order valence-corrected chi connectivity index (χ4v) is 3.44. The molecule has 1 aromatic rings. The molecule has 1 fully saturated rings. The number of hydrogen-bond donors (Lipinski definition) is 2. The molecular weight excluding hydrogens is 212 g/mol. The number of aromatic hydroxyl groups is 1. The molecule has 1 aliphatic heterocycles. The van der Waals surface area contributed by atoms with Crippen molar-refractivity contribution >= 4 is 0 Å². The summed E-state index contributed by atoms with van der Waals surface area (Å²) in [4.78, 5) is 2.40. The quantitative estimate of drug-likeness (QED) is 0.777. The van der Waals surface area contributed by atoms with E-state index in [0.717, 1.165) is 25.1 Å². The Morgan fingerprint density at radius 1 is 1.29 bits per heavy atom. The minimum atomic E-state index is 0.321. The lowest BCUT2D eigenvalue weighted by molar-refractivity contribution is 0.0907. The summed E-state index contributed by atoms with van der Waals surface area (Å²) >= 11 is 0. The molecule has 2 atom stereocenters. The second-order valence-corrected chi connectivity index (χ2v) is 5.60. The number of nitrogens with zero attached hydrogens (tertiary/aromatic N) is 1. The van der Waals surface area contributed by atoms with Gasteiger partial charge in [-0.15, -0.1) is 0 Å². The maximum atomic E-state index is 10.1. The van der Waals surface area contributed by atoms with Crippen LogP contribution in [0.2, 0.25) is 0 Å². The minimum absolute atomic E-state index is 0.321. The molecule has 3 nitrogen and oxygen atoms in total. The molecule has 3 rings (SSSR count). The molecular formula is C14H20N2O. The summed E-state index contributed by atoms with van der Waals surface area (Å²) in [5.74, 6) is 0.999. The maximum Gasteiger partial charge on any atom is 0.120 e. The first-order valence-electron chi connectivity index (χ1n) is 6.40. The fraction of sp³-hybridized carbons (Fsp3) is 0.571. The Hall–Kier alpha value is -1.06. The average molecular weight is 232 g/mol. The van der Waals surface area contributed by atoms with Crippen molar-refractivity contribution in [3.05, 3.63) is 28.8 Å². The highest BCUT2D eigenvalue weighted by Crippen LogP contribution is 2.49. The van der Waals surface area contributed by atoms with Gasteiger partial charge in [0.2, 0.25) is 0 Å². The van der Waals surface area contributed by atoms with Crippen molar-refractivity contribution in [3.8, 4) is 5.75 Å². The molecule has 3 heteroatoms. The van der Waals surface area contributed by atoms with Crippen LogP contribution in [-0.2, 0) is 0 Å². The number of rotatable bonds is 1. The third kappa shape index (κ3) is 1.57. The first-order chi connectivity index (χ1) is 8.08. The van der Waals surface area contributed by atoms with Gasteiger partial charge in [-0.1, -0.05) is 13.0 Å². The van der Waals surface area contributed by atoms with E-state index in [1.807, 2.05) is 12.1 Å². The number of hydrogen-bond acceptors (Lipinski definition) is 3. The van der Waals surface area contributed by atoms with E-state index >= 15 is 0 Å². The summed E-state index contributed by atoms with van der Waals surface area (Å²) in [6, 6.07) is 4.55. The number of nitrogens with two attached hydrogens (primary N) is 1. The molecule has 0 radical (unpaired) electrons. The van der Waals surface area contributed by atoms with Gasteiger partial charge in [-0.2, -0.15) is 0 Å². The van der Waals surface area contributed by atoms with Crippen molar-refractivity contribution in [2.75, 3.05) is 13.1 Å². The van der Waals surface area contributed by atoms with Gasteiger partial charge in [-0.05, 0) is 36.5 Å². The standard InChI is InChI=1S/C14H20N2O/c1-8-3-4-12(17)14-11(5-9(2)13(8)14)16-6-10(15)7-16/h3-4,9-11,17H,5-7,15H2,1-2H3. The van der Waals surface area contributed by atoms with Crippen molar-refractivity contribution in [3.63, 3.8) is 0 Å². The summed E-state index contributed by atoms with van der Waals surface area (Å²) in [6.07, 6.45) is 1.11. The summed E-state index contributed by atoms with van der Waals surface area (Å²) in [7, 11) is 0. The molecule has 92 valence electrons. The van der Waals surface area contributed by atoms with Crippen molar-refractivity contribution in [2.45, 2.75) is 38.3 Å². The molecule has 1 aliphatic carbocycles. The number of aryl methyl sites for hydroxylation is 1. The lowest BCUT2D eigenvalue weighted by Crippen LogP contribution is -2.56. The molecule has 0 amide bonds. The highest BCUT2D eigenvalue weighted by Gasteiger charge is 2.39. The Kier molecular flexibility index (Phi) is 2.42. The third-order valence-electron chi connectivity index (χ3n) is 4.26. The molecule has 17 heavy (non-hydrogen) atoms. The van der Waals surface area contributed by atoms with E-state index in [0.29, 0.717) is 23.8 Å². The molecule has 0 aromatic heterocycles. The zero-order valence-electron chi connectivity index (χ0n) is 10.5. The first kappa shape index (κ1) is 11.1. The van der Waals surface area contributed by atoms with E-state index < -0.39 is 0 Å². The molecule has 1 saturated heterocycles. The maximum absolute atomic E-state index is 10.1. The van der Waals surface area contributed by atoms with E-state index in [2.05, 4.69) is 18.7 Å². The molecule has 3 N–H and O–H groups in total. The minimum Gasteiger partial charge on any atom is -0.508 e. The number of fused-ring (bicyclic) bond motifs is 1. The molecule has 2 aliphatic rings. The monoisotopic (exact) mass is 232 g/mol. The lowest BCUT2D eigenvalue weighted by Gasteiger charge is -2.41. The van der Waals surface area contributed by atoms with Crippen LogP contribution in [0, 0.1) is 6.92 Å². The number of phenolic OH excluding ortho intramolecular Hbond substituents is 1. The topological polar surface area (TPSA) is 49.5 Å². The van der Waals surface area contributed by atoms with Gasteiger partial charge in [0.25, 0.3) is 0 Å². The zero-order valence-corrected chi connectivity index (χ0v) is 10.5. The van der Waals surface area contributed by atoms with Gasteiger partial charge in [0.15, 0.2) is 0 Å². The second kappa shape index (κ2) is 3.72. The third-order valence-corrected chi connectivity index (χ3v) is 4.26. The van der Waals surface area contributed by atoms with Crippen molar-refractivity contribution < 1.29 is 5.11 Å². The molecule has 2 unspecified atom stereocenters. The van der Waals surface area contributed by atoms with Gasteiger partial charge < -0.3 is 10.8 Å². The molecule has 0 spiro atoms. The summed E-state index contributed by atoms with van der Waals surface area (Å²) in [5.41, 5.74) is 9.67. The fourth-order valence-electron chi connectivity index (χ4n) is 3.44. The molecule has 1 heterocycles. The predicted molar refractivity (Wildman–Crippen MR) is 68.2 cm³/mol. The zero-order chi connectivity index (χ0) is 12.2. The first-order valence-corrected chi connectivity index (χ1v) is 6.40. The second-order valence-electron chi connectivity index (χ2n) is 5.60. The van der Waals surface area contributed by atoms with Crippen LogP contribution in [-0.4, -0.2) is 29.1 Å². The van der Waals surface area contributed by atoms with E-state index in [4.69, 9.17) is 5.73 Å². The van der Waals surface area contributed by atoms with Gasteiger partial charge in [-0.3, -0.25) is 4.90 Å². The van der Waals surface area contributed by atoms with Crippen LogP contribution < -0.4 is 5.73 Å². The Morgan fingerprint density at radius 2 is 2.00 bits per heavy atom. The molecule has 1 aromatic carbocycles. The van der Waals surface area contributed by atoms with Gasteiger partial charge in [0, 0.05) is 30.7 Å². The smallest absolute Gasteiger partial charge is 0.120 e. The predicted octanol–water partition coefficient (Wildman–Crippen LogP) is 1.89. The summed E-state index contributed by atoms with van der Waals surface area (Å²) < 4.78 is 0.